The van der Waals surface area contributed by atoms with E-state index in [1.54, 1.807) is 6.92 Å². The predicted molar refractivity (Wildman–Crippen MR) is 93.8 cm³/mol. The number of amides is 4. The van der Waals surface area contributed by atoms with Crippen LogP contribution >= 0.6 is 0 Å². The first-order chi connectivity index (χ1) is 11.9. The normalized spacial score (nSPS) is 21.3. The molecule has 1 aromatic rings. The maximum atomic E-state index is 12.8. The van der Waals surface area contributed by atoms with E-state index >= 15 is 0 Å². The highest BCUT2D eigenvalue weighted by atomic mass is 16.2. The van der Waals surface area contributed by atoms with Gasteiger partial charge in [0.25, 0.3) is 5.91 Å². The molecule has 6 nitrogen and oxygen atoms in total. The van der Waals surface area contributed by atoms with Crippen molar-refractivity contribution in [3.05, 3.63) is 35.4 Å². The largest absolute Gasteiger partial charge is 0.348 e. The Morgan fingerprint density at radius 3 is 2.48 bits per heavy atom. The number of aryl methyl sites for hydroxylation is 1. The van der Waals surface area contributed by atoms with Gasteiger partial charge in [-0.3, -0.25) is 9.59 Å². The highest BCUT2D eigenvalue weighted by Gasteiger charge is 2.54. The quantitative estimate of drug-likeness (QED) is 0.824. The number of urea groups is 1. The van der Waals surface area contributed by atoms with Gasteiger partial charge in [0.05, 0.1) is 6.04 Å². The molecule has 4 amide bonds. The van der Waals surface area contributed by atoms with Gasteiger partial charge in [-0.15, -0.1) is 0 Å². The van der Waals surface area contributed by atoms with Crippen molar-refractivity contribution in [2.75, 3.05) is 0 Å². The van der Waals surface area contributed by atoms with E-state index in [0.29, 0.717) is 12.8 Å². The average molecular weight is 343 g/mol. The summed E-state index contributed by atoms with van der Waals surface area (Å²) in [6, 6.07) is 6.34. The first kappa shape index (κ1) is 17.5. The van der Waals surface area contributed by atoms with E-state index in [0.717, 1.165) is 28.9 Å². The predicted octanol–water partition coefficient (Wildman–Crippen LogP) is 2.43. The second-order valence-corrected chi connectivity index (χ2v) is 7.16. The van der Waals surface area contributed by atoms with Crippen molar-refractivity contribution < 1.29 is 14.4 Å². The zero-order valence-corrected chi connectivity index (χ0v) is 15.0. The van der Waals surface area contributed by atoms with E-state index in [-0.39, 0.29) is 17.9 Å². The number of nitrogens with zero attached hydrogens (tertiary/aromatic N) is 1. The fraction of sp³-hybridized carbons (Fsp3) is 0.526. The van der Waals surface area contributed by atoms with Crippen molar-refractivity contribution in [3.8, 4) is 0 Å². The first-order valence-electron chi connectivity index (χ1n) is 8.87. The smallest absolute Gasteiger partial charge is 0.325 e. The number of rotatable bonds is 4. The van der Waals surface area contributed by atoms with Crippen LogP contribution in [-0.2, 0) is 9.59 Å². The van der Waals surface area contributed by atoms with Crippen molar-refractivity contribution >= 4 is 17.8 Å². The van der Waals surface area contributed by atoms with Crippen molar-refractivity contribution in [1.29, 1.82) is 0 Å². The van der Waals surface area contributed by atoms with Gasteiger partial charge in [0.2, 0.25) is 5.91 Å². The summed E-state index contributed by atoms with van der Waals surface area (Å²) in [6.07, 6.45) is 3.15. The molecule has 2 fully saturated rings. The zero-order chi connectivity index (χ0) is 18.2. The molecule has 3 rings (SSSR count). The lowest BCUT2D eigenvalue weighted by Gasteiger charge is -2.25. The Bertz CT molecular complexity index is 710. The van der Waals surface area contributed by atoms with E-state index in [4.69, 9.17) is 0 Å². The molecule has 2 atom stereocenters. The Morgan fingerprint density at radius 1 is 1.20 bits per heavy atom. The van der Waals surface area contributed by atoms with Crippen LogP contribution in [-0.4, -0.2) is 34.3 Å². The van der Waals surface area contributed by atoms with Gasteiger partial charge in [-0.05, 0) is 44.7 Å². The number of hydrogen-bond acceptors (Lipinski definition) is 3. The Morgan fingerprint density at radius 2 is 1.84 bits per heavy atom. The fourth-order valence-electron chi connectivity index (χ4n) is 3.91. The maximum absolute atomic E-state index is 12.8. The van der Waals surface area contributed by atoms with Crippen LogP contribution in [0.3, 0.4) is 0 Å². The Kier molecular flexibility index (Phi) is 4.54. The molecular formula is C19H25N3O3. The minimum Gasteiger partial charge on any atom is -0.348 e. The number of carbonyl (C=O) groups is 3. The molecule has 6 heteroatoms. The summed E-state index contributed by atoms with van der Waals surface area (Å²) in [5.74, 6) is -0.588. The summed E-state index contributed by atoms with van der Waals surface area (Å²) in [4.78, 5) is 38.8. The van der Waals surface area contributed by atoms with E-state index in [1.165, 1.54) is 0 Å². The molecule has 2 aliphatic rings. The molecule has 1 aromatic carbocycles. The lowest BCUT2D eigenvalue weighted by molar-refractivity contribution is -0.138. The minimum absolute atomic E-state index is 0.197. The van der Waals surface area contributed by atoms with Crippen molar-refractivity contribution in [2.24, 2.45) is 0 Å². The summed E-state index contributed by atoms with van der Waals surface area (Å²) in [6.45, 7) is 5.49. The third-order valence-electron chi connectivity index (χ3n) is 5.43. The highest BCUT2D eigenvalue weighted by Crippen LogP contribution is 2.35. The average Bonchev–Trinajstić information content (AvgIpc) is 3.13. The molecule has 0 bridgehead atoms. The van der Waals surface area contributed by atoms with Crippen LogP contribution < -0.4 is 10.6 Å². The maximum Gasteiger partial charge on any atom is 0.325 e. The van der Waals surface area contributed by atoms with E-state index in [1.807, 2.05) is 38.1 Å². The van der Waals surface area contributed by atoms with Crippen LogP contribution in [0.25, 0.3) is 0 Å². The SMILES string of the molecule is Cc1ccccc1[C@H](C)NC(=O)[C@@H](C)N1C(=O)NC2(CCCC2)C1=O. The lowest BCUT2D eigenvalue weighted by atomic mass is 9.97. The van der Waals surface area contributed by atoms with Gasteiger partial charge in [-0.2, -0.15) is 0 Å². The number of hydrogen-bond donors (Lipinski definition) is 2. The van der Waals surface area contributed by atoms with Crippen molar-refractivity contribution in [1.82, 2.24) is 15.5 Å². The molecule has 0 aromatic heterocycles. The van der Waals surface area contributed by atoms with Gasteiger partial charge < -0.3 is 10.6 Å². The summed E-state index contributed by atoms with van der Waals surface area (Å²) in [5.41, 5.74) is 1.32. The van der Waals surface area contributed by atoms with E-state index < -0.39 is 17.6 Å². The van der Waals surface area contributed by atoms with Gasteiger partial charge >= 0.3 is 6.03 Å². The zero-order valence-electron chi connectivity index (χ0n) is 15.0. The second kappa shape index (κ2) is 6.50. The second-order valence-electron chi connectivity index (χ2n) is 7.16. The number of nitrogens with one attached hydrogen (secondary N) is 2. The number of imide groups is 1. The molecule has 25 heavy (non-hydrogen) atoms. The monoisotopic (exact) mass is 343 g/mol. The van der Waals surface area contributed by atoms with Gasteiger partial charge in [0.15, 0.2) is 0 Å². The van der Waals surface area contributed by atoms with Gasteiger partial charge in [-0.1, -0.05) is 37.1 Å². The van der Waals surface area contributed by atoms with Crippen molar-refractivity contribution in [3.63, 3.8) is 0 Å². The minimum atomic E-state index is -0.834. The summed E-state index contributed by atoms with van der Waals surface area (Å²) in [7, 11) is 0. The van der Waals surface area contributed by atoms with Crippen LogP contribution in [0.1, 0.15) is 56.7 Å². The molecule has 1 saturated heterocycles. The van der Waals surface area contributed by atoms with Crippen LogP contribution in [0, 0.1) is 6.92 Å². The topological polar surface area (TPSA) is 78.5 Å². The third-order valence-corrected chi connectivity index (χ3v) is 5.43. The van der Waals surface area contributed by atoms with E-state index in [9.17, 15) is 14.4 Å². The molecule has 1 aliphatic carbocycles. The lowest BCUT2D eigenvalue weighted by Crippen LogP contribution is -2.50. The molecule has 1 saturated carbocycles. The highest BCUT2D eigenvalue weighted by molar-refractivity contribution is 6.10. The summed E-state index contributed by atoms with van der Waals surface area (Å²) in [5, 5.41) is 5.74. The molecular weight excluding hydrogens is 318 g/mol. The Hall–Kier alpha value is -2.37. The molecule has 0 unspecified atom stereocenters. The van der Waals surface area contributed by atoms with Crippen molar-refractivity contribution in [2.45, 2.75) is 64.1 Å². The Labute approximate surface area is 148 Å². The van der Waals surface area contributed by atoms with Crippen LogP contribution in [0.2, 0.25) is 0 Å². The molecule has 1 aliphatic heterocycles. The molecule has 0 radical (unpaired) electrons. The van der Waals surface area contributed by atoms with Gasteiger partial charge in [0.1, 0.15) is 11.6 Å². The van der Waals surface area contributed by atoms with Gasteiger partial charge in [-0.25, -0.2) is 9.69 Å². The van der Waals surface area contributed by atoms with Gasteiger partial charge in [0, 0.05) is 0 Å². The summed E-state index contributed by atoms with van der Waals surface area (Å²) >= 11 is 0. The van der Waals surface area contributed by atoms with Crippen LogP contribution in [0.15, 0.2) is 24.3 Å². The molecule has 2 N–H and O–H groups in total. The summed E-state index contributed by atoms with van der Waals surface area (Å²) < 4.78 is 0. The molecule has 134 valence electrons. The number of benzene rings is 1. The molecule has 1 heterocycles. The molecule has 1 spiro atoms. The first-order valence-corrected chi connectivity index (χ1v) is 8.87. The number of carbonyl (C=O) groups excluding carboxylic acids is 3. The van der Waals surface area contributed by atoms with E-state index in [2.05, 4.69) is 10.6 Å². The standard InChI is InChI=1S/C19H25N3O3/c1-12-8-4-5-9-15(12)13(2)20-16(23)14(3)22-17(24)19(21-18(22)25)10-6-7-11-19/h4-5,8-9,13-14H,6-7,10-11H2,1-3H3,(H,20,23)(H,21,25)/t13-,14+/m0/s1. The third kappa shape index (κ3) is 3.01. The van der Waals surface area contributed by atoms with Crippen LogP contribution in [0.4, 0.5) is 4.79 Å². The fourth-order valence-corrected chi connectivity index (χ4v) is 3.91. The van der Waals surface area contributed by atoms with Crippen LogP contribution in [0.5, 0.6) is 0 Å². The Balaban J connectivity index is 1.71.